The highest BCUT2D eigenvalue weighted by Crippen LogP contribution is 2.49. The average Bonchev–Trinajstić information content (AvgIpc) is 3.27. The van der Waals surface area contributed by atoms with Crippen LogP contribution in [0.15, 0.2) is 0 Å². The molecule has 1 heterocycles. The summed E-state index contributed by atoms with van der Waals surface area (Å²) in [6.07, 6.45) is 6.69. The second kappa shape index (κ2) is 7.84. The lowest BCUT2D eigenvalue weighted by Gasteiger charge is -2.28. The van der Waals surface area contributed by atoms with Gasteiger partial charge in [-0.2, -0.15) is 0 Å². The molecule has 3 rings (SSSR count). The van der Waals surface area contributed by atoms with Crippen molar-refractivity contribution >= 4 is 6.03 Å². The Kier molecular flexibility index (Phi) is 5.81. The van der Waals surface area contributed by atoms with Gasteiger partial charge in [0.05, 0.1) is 6.61 Å². The molecule has 5 atom stereocenters. The van der Waals surface area contributed by atoms with Crippen molar-refractivity contribution in [3.63, 3.8) is 0 Å². The first-order valence-electron chi connectivity index (χ1n) is 9.41. The van der Waals surface area contributed by atoms with E-state index in [-0.39, 0.29) is 6.03 Å². The number of carbonyl (C=O) groups is 1. The Hall–Kier alpha value is -0.810. The van der Waals surface area contributed by atoms with Crippen molar-refractivity contribution in [3.05, 3.63) is 0 Å². The van der Waals surface area contributed by atoms with E-state index in [1.165, 1.54) is 32.1 Å². The zero-order valence-electron chi connectivity index (χ0n) is 14.7. The van der Waals surface area contributed by atoms with Gasteiger partial charge in [0.2, 0.25) is 0 Å². The molecule has 2 N–H and O–H groups in total. The van der Waals surface area contributed by atoms with Crippen LogP contribution < -0.4 is 10.6 Å². The minimum absolute atomic E-state index is 0.0237. The molecule has 5 heteroatoms. The second-order valence-electron chi connectivity index (χ2n) is 7.93. The SMILES string of the molecule is COCCN1CC[C@H](CNC(=O)N[C@@H](C)[C@H]2C[C@H]3CC[C@H]2C3)C1. The molecular weight excluding hydrogens is 290 g/mol. The number of fused-ring (bicyclic) bond motifs is 2. The first-order chi connectivity index (χ1) is 11.2. The third kappa shape index (κ3) is 4.38. The lowest BCUT2D eigenvalue weighted by atomic mass is 9.84. The van der Waals surface area contributed by atoms with Gasteiger partial charge in [-0.05, 0) is 62.8 Å². The fraction of sp³-hybridized carbons (Fsp3) is 0.944. The van der Waals surface area contributed by atoms with E-state index in [9.17, 15) is 4.79 Å². The van der Waals surface area contributed by atoms with Gasteiger partial charge in [0, 0.05) is 32.8 Å². The number of urea groups is 1. The van der Waals surface area contributed by atoms with Crippen molar-refractivity contribution < 1.29 is 9.53 Å². The molecule has 132 valence electrons. The molecule has 0 aromatic rings. The highest BCUT2D eigenvalue weighted by atomic mass is 16.5. The summed E-state index contributed by atoms with van der Waals surface area (Å²) < 4.78 is 5.13. The van der Waals surface area contributed by atoms with E-state index in [4.69, 9.17) is 4.74 Å². The second-order valence-corrected chi connectivity index (χ2v) is 7.93. The molecule has 2 amide bonds. The Morgan fingerprint density at radius 3 is 2.87 bits per heavy atom. The molecule has 0 aromatic heterocycles. The topological polar surface area (TPSA) is 53.6 Å². The number of carbonyl (C=O) groups excluding carboxylic acids is 1. The van der Waals surface area contributed by atoms with Gasteiger partial charge in [0.1, 0.15) is 0 Å². The lowest BCUT2D eigenvalue weighted by molar-refractivity contribution is 0.159. The third-order valence-electron chi connectivity index (χ3n) is 6.33. The Labute approximate surface area is 140 Å². The van der Waals surface area contributed by atoms with Crippen LogP contribution in [-0.2, 0) is 4.74 Å². The summed E-state index contributed by atoms with van der Waals surface area (Å²) in [6.45, 7) is 6.97. The minimum Gasteiger partial charge on any atom is -0.383 e. The maximum atomic E-state index is 12.2. The molecule has 5 nitrogen and oxygen atoms in total. The summed E-state index contributed by atoms with van der Waals surface area (Å²) in [7, 11) is 1.75. The molecular formula is C18H33N3O2. The molecule has 23 heavy (non-hydrogen) atoms. The van der Waals surface area contributed by atoms with Gasteiger partial charge >= 0.3 is 6.03 Å². The van der Waals surface area contributed by atoms with E-state index in [1.54, 1.807) is 7.11 Å². The average molecular weight is 323 g/mol. The van der Waals surface area contributed by atoms with Gasteiger partial charge in [-0.25, -0.2) is 4.79 Å². The van der Waals surface area contributed by atoms with E-state index in [0.29, 0.717) is 17.9 Å². The Morgan fingerprint density at radius 2 is 2.17 bits per heavy atom. The normalized spacial score (nSPS) is 34.7. The number of nitrogens with zero attached hydrogens (tertiary/aromatic N) is 1. The molecule has 0 radical (unpaired) electrons. The smallest absolute Gasteiger partial charge is 0.315 e. The number of ether oxygens (including phenoxy) is 1. The number of hydrogen-bond acceptors (Lipinski definition) is 3. The maximum Gasteiger partial charge on any atom is 0.315 e. The van der Waals surface area contributed by atoms with Gasteiger partial charge in [0.25, 0.3) is 0 Å². The Bertz CT molecular complexity index is 404. The fourth-order valence-corrected chi connectivity index (χ4v) is 5.01. The van der Waals surface area contributed by atoms with Crippen molar-refractivity contribution in [2.45, 2.75) is 45.1 Å². The van der Waals surface area contributed by atoms with E-state index >= 15 is 0 Å². The van der Waals surface area contributed by atoms with Crippen LogP contribution >= 0.6 is 0 Å². The van der Waals surface area contributed by atoms with Crippen LogP contribution in [0.25, 0.3) is 0 Å². The summed E-state index contributed by atoms with van der Waals surface area (Å²) >= 11 is 0. The Balaban J connectivity index is 1.32. The van der Waals surface area contributed by atoms with E-state index in [0.717, 1.165) is 44.6 Å². The predicted molar refractivity (Wildman–Crippen MR) is 91.4 cm³/mol. The predicted octanol–water partition coefficient (Wildman–Crippen LogP) is 2.08. The van der Waals surface area contributed by atoms with Crippen LogP contribution in [0.1, 0.15) is 39.0 Å². The summed E-state index contributed by atoms with van der Waals surface area (Å²) in [5.74, 6) is 3.08. The van der Waals surface area contributed by atoms with Gasteiger partial charge in [-0.15, -0.1) is 0 Å². The highest BCUT2D eigenvalue weighted by molar-refractivity contribution is 5.74. The number of amides is 2. The standard InChI is InChI=1S/C18H33N3O2/c1-13(17-10-14-3-4-16(17)9-14)20-18(22)19-11-15-5-6-21(12-15)7-8-23-2/h13-17H,3-12H2,1-2H3,(H2,19,20,22)/t13-,14-,15+,16-,17+/m0/s1. The summed E-state index contributed by atoms with van der Waals surface area (Å²) in [6, 6.07) is 0.336. The summed E-state index contributed by atoms with van der Waals surface area (Å²) in [5.41, 5.74) is 0. The summed E-state index contributed by atoms with van der Waals surface area (Å²) in [4.78, 5) is 14.6. The van der Waals surface area contributed by atoms with Gasteiger partial charge < -0.3 is 20.3 Å². The van der Waals surface area contributed by atoms with E-state index in [2.05, 4.69) is 22.5 Å². The molecule has 2 aliphatic carbocycles. The molecule has 1 saturated heterocycles. The van der Waals surface area contributed by atoms with Crippen molar-refractivity contribution in [1.82, 2.24) is 15.5 Å². The monoisotopic (exact) mass is 323 g/mol. The molecule has 0 unspecified atom stereocenters. The van der Waals surface area contributed by atoms with Crippen molar-refractivity contribution in [1.29, 1.82) is 0 Å². The number of likely N-dealkylation sites (tertiary alicyclic amines) is 1. The van der Waals surface area contributed by atoms with Crippen LogP contribution in [0.2, 0.25) is 0 Å². The zero-order chi connectivity index (χ0) is 16.2. The van der Waals surface area contributed by atoms with Crippen LogP contribution in [0.4, 0.5) is 4.79 Å². The van der Waals surface area contributed by atoms with Gasteiger partial charge in [0.15, 0.2) is 0 Å². The molecule has 3 aliphatic rings. The van der Waals surface area contributed by atoms with Crippen molar-refractivity contribution in [3.8, 4) is 0 Å². The molecule has 0 aromatic carbocycles. The number of rotatable bonds is 7. The lowest BCUT2D eigenvalue weighted by Crippen LogP contribution is -2.46. The van der Waals surface area contributed by atoms with Crippen LogP contribution in [0, 0.1) is 23.7 Å². The Morgan fingerprint density at radius 1 is 1.30 bits per heavy atom. The van der Waals surface area contributed by atoms with Gasteiger partial charge in [-0.3, -0.25) is 0 Å². The third-order valence-corrected chi connectivity index (χ3v) is 6.33. The molecule has 0 spiro atoms. The maximum absolute atomic E-state index is 12.2. The quantitative estimate of drug-likeness (QED) is 0.754. The first-order valence-corrected chi connectivity index (χ1v) is 9.41. The minimum atomic E-state index is 0.0237. The summed E-state index contributed by atoms with van der Waals surface area (Å²) in [5, 5.41) is 6.28. The van der Waals surface area contributed by atoms with Crippen molar-refractivity contribution in [2.24, 2.45) is 23.7 Å². The highest BCUT2D eigenvalue weighted by Gasteiger charge is 2.42. The van der Waals surface area contributed by atoms with Crippen LogP contribution in [0.5, 0.6) is 0 Å². The zero-order valence-corrected chi connectivity index (χ0v) is 14.7. The number of nitrogens with one attached hydrogen (secondary N) is 2. The fourth-order valence-electron chi connectivity index (χ4n) is 5.01. The molecule has 2 bridgehead atoms. The first kappa shape index (κ1) is 17.0. The largest absolute Gasteiger partial charge is 0.383 e. The van der Waals surface area contributed by atoms with E-state index in [1.807, 2.05) is 0 Å². The number of methoxy groups -OCH3 is 1. The van der Waals surface area contributed by atoms with Crippen LogP contribution in [-0.4, -0.2) is 56.9 Å². The van der Waals surface area contributed by atoms with Crippen molar-refractivity contribution in [2.75, 3.05) is 39.9 Å². The van der Waals surface area contributed by atoms with Gasteiger partial charge in [-0.1, -0.05) is 6.42 Å². The van der Waals surface area contributed by atoms with Crippen LogP contribution in [0.3, 0.4) is 0 Å². The molecule has 1 aliphatic heterocycles. The number of hydrogen-bond donors (Lipinski definition) is 2. The van der Waals surface area contributed by atoms with E-state index < -0.39 is 0 Å². The molecule has 2 saturated carbocycles. The molecule has 3 fully saturated rings.